The van der Waals surface area contributed by atoms with Gasteiger partial charge < -0.3 is 0 Å². The van der Waals surface area contributed by atoms with Crippen molar-refractivity contribution in [2.24, 2.45) is 29.6 Å². The van der Waals surface area contributed by atoms with Gasteiger partial charge in [0.2, 0.25) is 0 Å². The van der Waals surface area contributed by atoms with E-state index in [1.165, 1.54) is 37.7 Å². The lowest BCUT2D eigenvalue weighted by Gasteiger charge is -2.54. The number of nitrogens with two attached hydrogens (primary N) is 1. The Balaban J connectivity index is 1.58. The summed E-state index contributed by atoms with van der Waals surface area (Å²) in [5, 5.41) is 0. The highest BCUT2D eigenvalue weighted by Gasteiger charge is 2.48. The fourth-order valence-electron chi connectivity index (χ4n) is 5.40. The Labute approximate surface area is 115 Å². The maximum Gasteiger partial charge on any atom is 0.0930 e. The van der Waals surface area contributed by atoms with Gasteiger partial charge in [-0.2, -0.15) is 0 Å². The fourth-order valence-corrected chi connectivity index (χ4v) is 5.40. The van der Waals surface area contributed by atoms with Crippen LogP contribution >= 0.6 is 0 Å². The summed E-state index contributed by atoms with van der Waals surface area (Å²) in [6.45, 7) is 0.516. The first-order valence-electron chi connectivity index (χ1n) is 7.74. The number of hydrogen-bond donors (Lipinski definition) is 1. The van der Waals surface area contributed by atoms with Gasteiger partial charge in [0, 0.05) is 0 Å². The molecule has 5 rings (SSSR count). The molecule has 4 fully saturated rings. The second-order valence-corrected chi connectivity index (χ2v) is 7.01. The molecule has 2 heteroatoms. The van der Waals surface area contributed by atoms with Crippen LogP contribution in [0.25, 0.3) is 0 Å². The zero-order valence-electron chi connectivity index (χ0n) is 11.4. The van der Waals surface area contributed by atoms with Crippen LogP contribution in [0.4, 0.5) is 0 Å². The molecule has 0 radical (unpaired) electrons. The molecule has 0 heterocycles. The highest BCUT2D eigenvalue weighted by Crippen LogP contribution is 2.59. The van der Waals surface area contributed by atoms with Crippen LogP contribution in [0, 0.1) is 23.7 Å². The van der Waals surface area contributed by atoms with E-state index in [-0.39, 0.29) is 0 Å². The van der Waals surface area contributed by atoms with Gasteiger partial charge in [-0.1, -0.05) is 24.3 Å². The van der Waals surface area contributed by atoms with Gasteiger partial charge in [0.05, 0.1) is 6.61 Å². The average molecular weight is 257 g/mol. The van der Waals surface area contributed by atoms with Gasteiger partial charge in [-0.05, 0) is 72.8 Å². The zero-order valence-corrected chi connectivity index (χ0v) is 11.4. The molecule has 0 unspecified atom stereocenters. The van der Waals surface area contributed by atoms with Gasteiger partial charge >= 0.3 is 0 Å². The normalized spacial score (nSPS) is 39.7. The summed E-state index contributed by atoms with van der Waals surface area (Å²) >= 11 is 0. The Morgan fingerprint density at radius 2 is 1.47 bits per heavy atom. The van der Waals surface area contributed by atoms with E-state index in [0.29, 0.717) is 6.61 Å². The van der Waals surface area contributed by atoms with Crippen molar-refractivity contribution in [3.05, 3.63) is 35.4 Å². The first kappa shape index (κ1) is 11.9. The van der Waals surface area contributed by atoms with Crippen molar-refractivity contribution in [2.75, 3.05) is 0 Å². The van der Waals surface area contributed by atoms with Crippen molar-refractivity contribution in [1.29, 1.82) is 0 Å². The molecule has 1 aromatic carbocycles. The van der Waals surface area contributed by atoms with E-state index in [2.05, 4.69) is 24.3 Å². The second kappa shape index (κ2) is 4.60. The molecule has 0 aliphatic heterocycles. The van der Waals surface area contributed by atoms with Crippen molar-refractivity contribution in [2.45, 2.75) is 44.6 Å². The monoisotopic (exact) mass is 257 g/mol. The van der Waals surface area contributed by atoms with Gasteiger partial charge in [0.1, 0.15) is 0 Å². The van der Waals surface area contributed by atoms with Crippen LogP contribution in [-0.4, -0.2) is 0 Å². The predicted octanol–water partition coefficient (Wildman–Crippen LogP) is 3.62. The Bertz CT molecular complexity index is 425. The third kappa shape index (κ3) is 2.02. The summed E-state index contributed by atoms with van der Waals surface area (Å²) in [4.78, 5) is 4.71. The van der Waals surface area contributed by atoms with Crippen LogP contribution in [0.5, 0.6) is 0 Å². The van der Waals surface area contributed by atoms with Crippen molar-refractivity contribution in [3.63, 3.8) is 0 Å². The fraction of sp³-hybridized carbons (Fsp3) is 0.647. The van der Waals surface area contributed by atoms with E-state index in [1.807, 2.05) is 0 Å². The van der Waals surface area contributed by atoms with Gasteiger partial charge in [0.15, 0.2) is 0 Å². The lowest BCUT2D eigenvalue weighted by atomic mass is 9.51. The maximum atomic E-state index is 5.14. The lowest BCUT2D eigenvalue weighted by molar-refractivity contribution is -0.00279. The molecule has 19 heavy (non-hydrogen) atoms. The quantitative estimate of drug-likeness (QED) is 0.839. The Hall–Kier alpha value is -0.860. The molecular weight excluding hydrogens is 234 g/mol. The highest BCUT2D eigenvalue weighted by atomic mass is 16.6. The molecule has 4 bridgehead atoms. The third-order valence-corrected chi connectivity index (χ3v) is 5.84. The summed E-state index contributed by atoms with van der Waals surface area (Å²) in [6, 6.07) is 9.02. The number of benzene rings is 1. The van der Waals surface area contributed by atoms with Crippen LogP contribution in [0.1, 0.15) is 49.1 Å². The van der Waals surface area contributed by atoms with Gasteiger partial charge in [0.25, 0.3) is 0 Å². The smallest absolute Gasteiger partial charge is 0.0930 e. The van der Waals surface area contributed by atoms with E-state index >= 15 is 0 Å². The third-order valence-electron chi connectivity index (χ3n) is 5.84. The molecule has 4 saturated carbocycles. The minimum absolute atomic E-state index is 0.516. The largest absolute Gasteiger partial charge is 0.300 e. The molecule has 4 aliphatic carbocycles. The number of rotatable bonds is 3. The Morgan fingerprint density at radius 3 is 2.00 bits per heavy atom. The van der Waals surface area contributed by atoms with E-state index in [1.54, 1.807) is 5.56 Å². The summed E-state index contributed by atoms with van der Waals surface area (Å²) in [7, 11) is 0. The van der Waals surface area contributed by atoms with E-state index in [0.717, 1.165) is 29.6 Å². The first-order chi connectivity index (χ1) is 9.33. The van der Waals surface area contributed by atoms with E-state index in [4.69, 9.17) is 10.7 Å². The Kier molecular flexibility index (Phi) is 2.89. The summed E-state index contributed by atoms with van der Waals surface area (Å²) in [5.74, 6) is 10.0. The molecular formula is C17H23NO. The van der Waals surface area contributed by atoms with Crippen LogP contribution < -0.4 is 5.90 Å². The zero-order chi connectivity index (χ0) is 12.8. The minimum atomic E-state index is 0.516. The van der Waals surface area contributed by atoms with Crippen molar-refractivity contribution >= 4 is 0 Å². The van der Waals surface area contributed by atoms with Crippen molar-refractivity contribution in [3.8, 4) is 0 Å². The van der Waals surface area contributed by atoms with Gasteiger partial charge in [-0.25, -0.2) is 5.90 Å². The topological polar surface area (TPSA) is 35.2 Å². The molecule has 0 saturated heterocycles. The summed E-state index contributed by atoms with van der Waals surface area (Å²) in [5.41, 5.74) is 2.74. The summed E-state index contributed by atoms with van der Waals surface area (Å²) in [6.07, 6.45) is 7.50. The molecule has 1 aromatic rings. The standard InChI is InChI=1S/C17H23NO/c18-19-10-11-1-3-14(4-2-11)17-15-6-12-5-13(8-15)9-16(17)7-12/h1-4,12-13,15-17H,5-10,18H2. The SMILES string of the molecule is NOCc1ccc(C2C3CC4CC(C3)CC2C4)cc1. The van der Waals surface area contributed by atoms with Crippen LogP contribution in [0.15, 0.2) is 24.3 Å². The van der Waals surface area contributed by atoms with Crippen molar-refractivity contribution < 1.29 is 4.84 Å². The average Bonchev–Trinajstić information content (AvgIpc) is 2.40. The molecule has 0 amide bonds. The number of hydrogen-bond acceptors (Lipinski definition) is 2. The van der Waals surface area contributed by atoms with Crippen molar-refractivity contribution in [1.82, 2.24) is 0 Å². The molecule has 2 N–H and O–H groups in total. The first-order valence-corrected chi connectivity index (χ1v) is 7.74. The molecule has 102 valence electrons. The van der Waals surface area contributed by atoms with E-state index < -0.39 is 0 Å². The second-order valence-electron chi connectivity index (χ2n) is 7.01. The summed E-state index contributed by atoms with van der Waals surface area (Å²) < 4.78 is 0. The minimum Gasteiger partial charge on any atom is -0.300 e. The predicted molar refractivity (Wildman–Crippen MR) is 75.2 cm³/mol. The van der Waals surface area contributed by atoms with Gasteiger partial charge in [-0.15, -0.1) is 0 Å². The lowest BCUT2D eigenvalue weighted by Crippen LogP contribution is -2.43. The molecule has 0 atom stereocenters. The van der Waals surface area contributed by atoms with E-state index in [9.17, 15) is 0 Å². The maximum absolute atomic E-state index is 5.14. The van der Waals surface area contributed by atoms with Crippen LogP contribution in [-0.2, 0) is 11.4 Å². The Morgan fingerprint density at radius 1 is 0.895 bits per heavy atom. The van der Waals surface area contributed by atoms with Crippen LogP contribution in [0.3, 0.4) is 0 Å². The highest BCUT2D eigenvalue weighted by molar-refractivity contribution is 5.28. The molecule has 0 spiro atoms. The van der Waals surface area contributed by atoms with Gasteiger partial charge in [-0.3, -0.25) is 4.84 Å². The molecule has 0 aromatic heterocycles. The molecule has 4 aliphatic rings. The molecule has 2 nitrogen and oxygen atoms in total. The van der Waals surface area contributed by atoms with Crippen LogP contribution in [0.2, 0.25) is 0 Å².